The van der Waals surface area contributed by atoms with Gasteiger partial charge in [0.15, 0.2) is 5.82 Å². The van der Waals surface area contributed by atoms with Gasteiger partial charge in [0.1, 0.15) is 28.3 Å². The Morgan fingerprint density at radius 1 is 0.912 bits per heavy atom. The third kappa shape index (κ3) is 10.1. The van der Waals surface area contributed by atoms with Crippen molar-refractivity contribution in [1.82, 2.24) is 44.8 Å². The van der Waals surface area contributed by atoms with Crippen molar-refractivity contribution in [2.75, 3.05) is 31.3 Å². The summed E-state index contributed by atoms with van der Waals surface area (Å²) in [6.45, 7) is 10.9. The molecule has 0 saturated carbocycles. The maximum absolute atomic E-state index is 13.7. The lowest BCUT2D eigenvalue weighted by molar-refractivity contribution is 0.0665. The topological polar surface area (TPSA) is 235 Å². The van der Waals surface area contributed by atoms with Gasteiger partial charge >= 0.3 is 0 Å². The Kier molecular flexibility index (Phi) is 11.3. The van der Waals surface area contributed by atoms with Crippen molar-refractivity contribution in [3.05, 3.63) is 66.1 Å². The molecule has 0 unspecified atom stereocenters. The van der Waals surface area contributed by atoms with Crippen molar-refractivity contribution in [3.63, 3.8) is 0 Å². The van der Waals surface area contributed by atoms with Gasteiger partial charge in [-0.15, -0.1) is 0 Å². The number of ether oxygens (including phenoxy) is 1. The second-order valence-corrected chi connectivity index (χ2v) is 15.1. The molecule has 16 nitrogen and oxygen atoms in total. The lowest BCUT2D eigenvalue weighted by Gasteiger charge is -2.17. The number of hydrogen-bond donors (Lipinski definition) is 7. The summed E-state index contributed by atoms with van der Waals surface area (Å²) in [5.74, 6) is 11.5. The Labute approximate surface area is 329 Å². The van der Waals surface area contributed by atoms with Gasteiger partial charge in [0.2, 0.25) is 11.9 Å². The molecule has 6 aromatic rings. The number of aromatic amines is 1. The number of carbonyl (C=O) groups is 1. The number of nitrogens with zero attached hydrogens (tertiary/aromatic N) is 7. The van der Waals surface area contributed by atoms with Gasteiger partial charge in [0.25, 0.3) is 5.91 Å². The number of nitrogen functional groups attached to an aromatic ring is 1. The number of aliphatic hydroxyl groups is 3. The van der Waals surface area contributed by atoms with Crippen LogP contribution in [0.3, 0.4) is 0 Å². The zero-order valence-corrected chi connectivity index (χ0v) is 32.8. The number of H-pyrrole nitrogens is 1. The van der Waals surface area contributed by atoms with Crippen molar-refractivity contribution in [3.8, 4) is 46.2 Å². The highest BCUT2D eigenvalue weighted by Gasteiger charge is 2.24. The predicted octanol–water partition coefficient (Wildman–Crippen LogP) is 3.93. The first-order chi connectivity index (χ1) is 26.9. The lowest BCUT2D eigenvalue weighted by atomic mass is 10.1. The van der Waals surface area contributed by atoms with E-state index < -0.39 is 22.7 Å². The fourth-order valence-corrected chi connectivity index (χ4v) is 5.80. The summed E-state index contributed by atoms with van der Waals surface area (Å²) in [6, 6.07) is 6.95. The average Bonchev–Trinajstić information content (AvgIpc) is 3.70. The Morgan fingerprint density at radius 2 is 1.60 bits per heavy atom. The molecule has 294 valence electrons. The van der Waals surface area contributed by atoms with Gasteiger partial charge in [-0.05, 0) is 84.1 Å². The van der Waals surface area contributed by atoms with E-state index in [0.717, 1.165) is 16.5 Å². The molecule has 0 bridgehead atoms. The average molecular weight is 772 g/mol. The van der Waals surface area contributed by atoms with E-state index in [-0.39, 0.29) is 35.6 Å². The Morgan fingerprint density at radius 3 is 2.28 bits per heavy atom. The highest BCUT2D eigenvalue weighted by molar-refractivity contribution is 6.11. The van der Waals surface area contributed by atoms with Crippen LogP contribution in [-0.4, -0.2) is 97.7 Å². The molecule has 0 aromatic carbocycles. The van der Waals surface area contributed by atoms with Crippen LogP contribution < -0.4 is 16.4 Å². The van der Waals surface area contributed by atoms with Gasteiger partial charge in [-0.25, -0.2) is 29.9 Å². The van der Waals surface area contributed by atoms with Crippen LogP contribution in [0.25, 0.3) is 44.3 Å². The summed E-state index contributed by atoms with van der Waals surface area (Å²) in [5.41, 5.74) is 6.82. The van der Waals surface area contributed by atoms with Crippen molar-refractivity contribution in [2.45, 2.75) is 71.3 Å². The molecular formula is C41H45N11O5. The molecule has 0 saturated heterocycles. The number of methoxy groups -OCH3 is 1. The highest BCUT2D eigenvalue weighted by Crippen LogP contribution is 2.36. The van der Waals surface area contributed by atoms with Crippen LogP contribution in [0.4, 0.5) is 17.7 Å². The van der Waals surface area contributed by atoms with Gasteiger partial charge in [-0.1, -0.05) is 11.8 Å². The molecule has 0 aliphatic rings. The van der Waals surface area contributed by atoms with E-state index in [4.69, 9.17) is 20.4 Å². The molecule has 0 fully saturated rings. The normalized spacial score (nSPS) is 11.9. The molecule has 0 aliphatic carbocycles. The van der Waals surface area contributed by atoms with Crippen LogP contribution in [-0.2, 0) is 11.3 Å². The SMILES string of the molecule is COCCNC(=O)c1[nH]c2c(Nc3nccc(-c4cn(CCC(C)(C)O)c5cnc(C#CC(C)(C)O)cc45)n3)nc(C#CC(C)(C)O)cc2c1-c1ccnc(N)n1. The molecular weight excluding hydrogens is 727 g/mol. The minimum Gasteiger partial charge on any atom is -0.390 e. The second-order valence-electron chi connectivity index (χ2n) is 15.1. The molecule has 1 amide bonds. The summed E-state index contributed by atoms with van der Waals surface area (Å²) in [4.78, 5) is 44.0. The first kappa shape index (κ1) is 40.2. The van der Waals surface area contributed by atoms with Crippen molar-refractivity contribution >= 4 is 45.4 Å². The first-order valence-electron chi connectivity index (χ1n) is 18.1. The fourth-order valence-electron chi connectivity index (χ4n) is 5.80. The minimum atomic E-state index is -1.32. The zero-order chi connectivity index (χ0) is 41.1. The number of aryl methyl sites for hydroxylation is 1. The maximum Gasteiger partial charge on any atom is 0.268 e. The maximum atomic E-state index is 13.7. The standard InChI is InChI=1S/C41H45N11O5/c1-39(2,54)12-8-24-20-26-28(23-52(31(26)22-46-24)18-14-41(5,6)56)29-10-16-45-38(49-29)51-35-33-27(21-25(47-35)9-13-40(3,4)55)32(30-11-15-44-37(42)48-30)34(50-33)36(53)43-17-19-57-7/h10-11,15-16,20-23,50,54-56H,14,17-19H2,1-7H3,(H,43,53)(H2,42,44,48)(H,45,47,49,51). The molecule has 0 spiro atoms. The van der Waals surface area contributed by atoms with Gasteiger partial charge < -0.3 is 46.0 Å². The molecule has 57 heavy (non-hydrogen) atoms. The van der Waals surface area contributed by atoms with E-state index in [1.165, 1.54) is 6.20 Å². The zero-order valence-electron chi connectivity index (χ0n) is 32.8. The molecule has 0 aliphatic heterocycles. The van der Waals surface area contributed by atoms with E-state index in [0.29, 0.717) is 53.1 Å². The molecule has 0 atom stereocenters. The molecule has 0 radical (unpaired) electrons. The molecule has 8 N–H and O–H groups in total. The van der Waals surface area contributed by atoms with Crippen LogP contribution in [0.1, 0.15) is 69.8 Å². The number of carbonyl (C=O) groups excluding carboxylic acids is 1. The van der Waals surface area contributed by atoms with Gasteiger partial charge in [-0.3, -0.25) is 4.79 Å². The largest absolute Gasteiger partial charge is 0.390 e. The van der Waals surface area contributed by atoms with Crippen molar-refractivity contribution in [1.29, 1.82) is 0 Å². The minimum absolute atomic E-state index is 0.0147. The van der Waals surface area contributed by atoms with Crippen LogP contribution in [0.15, 0.2) is 49.1 Å². The number of anilines is 3. The quantitative estimate of drug-likeness (QED) is 0.0732. The summed E-state index contributed by atoms with van der Waals surface area (Å²) < 4.78 is 7.14. The third-order valence-electron chi connectivity index (χ3n) is 8.42. The number of rotatable bonds is 11. The molecule has 6 rings (SSSR count). The Hall–Kier alpha value is -6.43. The molecule has 16 heteroatoms. The number of pyridine rings is 2. The van der Waals surface area contributed by atoms with Crippen LogP contribution in [0.5, 0.6) is 0 Å². The number of nitrogens with two attached hydrogens (primary N) is 1. The third-order valence-corrected chi connectivity index (χ3v) is 8.42. The van der Waals surface area contributed by atoms with E-state index >= 15 is 0 Å². The molecule has 6 aromatic heterocycles. The highest BCUT2D eigenvalue weighted by atomic mass is 16.5. The van der Waals surface area contributed by atoms with Gasteiger partial charge in [-0.2, -0.15) is 0 Å². The summed E-state index contributed by atoms with van der Waals surface area (Å²) in [5, 5.41) is 38.6. The fraction of sp³-hybridized carbons (Fsp3) is 0.341. The number of aromatic nitrogens is 8. The number of fused-ring (bicyclic) bond motifs is 2. The smallest absolute Gasteiger partial charge is 0.268 e. The first-order valence-corrected chi connectivity index (χ1v) is 18.1. The van der Waals surface area contributed by atoms with Crippen molar-refractivity contribution < 1.29 is 24.9 Å². The van der Waals surface area contributed by atoms with E-state index in [9.17, 15) is 20.1 Å². The summed E-state index contributed by atoms with van der Waals surface area (Å²) in [6.07, 6.45) is 7.25. The van der Waals surface area contributed by atoms with Crippen molar-refractivity contribution in [2.24, 2.45) is 0 Å². The van der Waals surface area contributed by atoms with E-state index in [2.05, 4.69) is 59.2 Å². The molecule has 6 heterocycles. The summed E-state index contributed by atoms with van der Waals surface area (Å²) in [7, 11) is 1.54. The Bertz CT molecular complexity index is 2590. The number of hydrogen-bond acceptors (Lipinski definition) is 13. The predicted molar refractivity (Wildman–Crippen MR) is 217 cm³/mol. The number of amides is 1. The summed E-state index contributed by atoms with van der Waals surface area (Å²) >= 11 is 0. The Balaban J connectivity index is 1.51. The second kappa shape index (κ2) is 16.0. The van der Waals surface area contributed by atoms with E-state index in [1.54, 1.807) is 79.2 Å². The monoisotopic (exact) mass is 771 g/mol. The van der Waals surface area contributed by atoms with Gasteiger partial charge in [0, 0.05) is 60.7 Å². The lowest BCUT2D eigenvalue weighted by Crippen LogP contribution is -2.27. The van der Waals surface area contributed by atoms with Crippen LogP contribution in [0.2, 0.25) is 0 Å². The van der Waals surface area contributed by atoms with E-state index in [1.807, 2.05) is 16.8 Å². The number of nitrogens with one attached hydrogen (secondary N) is 3. The van der Waals surface area contributed by atoms with Gasteiger partial charge in [0.05, 0.1) is 40.8 Å². The van der Waals surface area contributed by atoms with Crippen LogP contribution in [0, 0.1) is 23.7 Å². The van der Waals surface area contributed by atoms with Crippen LogP contribution >= 0.6 is 0 Å².